The first-order valence-corrected chi connectivity index (χ1v) is 9.71. The molecule has 0 radical (unpaired) electrons. The van der Waals surface area contributed by atoms with Crippen LogP contribution in [0.1, 0.15) is 67.2 Å². The molecule has 3 atom stereocenters. The van der Waals surface area contributed by atoms with E-state index in [4.69, 9.17) is 4.74 Å². The molecule has 1 aliphatic carbocycles. The highest BCUT2D eigenvalue weighted by atomic mass is 16.5. The summed E-state index contributed by atoms with van der Waals surface area (Å²) in [6.07, 6.45) is 5.31. The second-order valence-corrected chi connectivity index (χ2v) is 8.43. The topological polar surface area (TPSA) is 104 Å². The zero-order valence-electron chi connectivity index (χ0n) is 17.8. The van der Waals surface area contributed by atoms with Crippen molar-refractivity contribution in [1.82, 2.24) is 0 Å². The molecule has 0 aromatic rings. The third-order valence-electron chi connectivity index (χ3n) is 5.07. The number of esters is 1. The van der Waals surface area contributed by atoms with Crippen molar-refractivity contribution in [3.63, 3.8) is 0 Å². The van der Waals surface area contributed by atoms with Crippen LogP contribution in [0.3, 0.4) is 0 Å². The average molecular weight is 395 g/mol. The van der Waals surface area contributed by atoms with Gasteiger partial charge in [0.2, 0.25) is 0 Å². The maximum absolute atomic E-state index is 12.4. The molecule has 1 aliphatic rings. The van der Waals surface area contributed by atoms with E-state index in [1.165, 1.54) is 20.8 Å². The van der Waals surface area contributed by atoms with Gasteiger partial charge in [0.1, 0.15) is 23.1 Å². The number of rotatable bonds is 2. The highest BCUT2D eigenvalue weighted by molar-refractivity contribution is 5.96. The van der Waals surface area contributed by atoms with Crippen LogP contribution < -0.4 is 0 Å². The van der Waals surface area contributed by atoms with Gasteiger partial charge in [-0.15, -0.1) is 0 Å². The minimum absolute atomic E-state index is 0.0330. The van der Waals surface area contributed by atoms with Crippen molar-refractivity contribution in [3.8, 4) is 0 Å². The number of aliphatic hydroxyl groups is 3. The normalized spacial score (nSPS) is 36.4. The number of aliphatic hydroxyl groups excluding tert-OH is 1. The summed E-state index contributed by atoms with van der Waals surface area (Å²) in [5.74, 6) is -1.71. The van der Waals surface area contributed by atoms with E-state index in [1.807, 2.05) is 32.9 Å². The van der Waals surface area contributed by atoms with Gasteiger partial charge in [-0.3, -0.25) is 9.59 Å². The second-order valence-electron chi connectivity index (χ2n) is 8.43. The van der Waals surface area contributed by atoms with Crippen LogP contribution in [-0.4, -0.2) is 44.4 Å². The van der Waals surface area contributed by atoms with Crippen molar-refractivity contribution in [2.24, 2.45) is 5.92 Å². The van der Waals surface area contributed by atoms with Crippen molar-refractivity contribution >= 4 is 11.8 Å². The lowest BCUT2D eigenvalue weighted by Gasteiger charge is -2.31. The van der Waals surface area contributed by atoms with Gasteiger partial charge in [-0.25, -0.2) is 0 Å². The first-order valence-electron chi connectivity index (χ1n) is 9.71. The van der Waals surface area contributed by atoms with E-state index in [-0.39, 0.29) is 18.8 Å². The minimum Gasteiger partial charge on any atom is -0.509 e. The van der Waals surface area contributed by atoms with E-state index < -0.39 is 34.8 Å². The zero-order valence-corrected chi connectivity index (χ0v) is 17.8. The second kappa shape index (κ2) is 9.52. The van der Waals surface area contributed by atoms with Crippen LogP contribution in [0, 0.1) is 5.92 Å². The maximum atomic E-state index is 12.4. The molecule has 6 nitrogen and oxygen atoms in total. The molecular weight excluding hydrogens is 360 g/mol. The third kappa shape index (κ3) is 6.91. The Morgan fingerprint density at radius 1 is 1.21 bits per heavy atom. The predicted octanol–water partition coefficient (Wildman–Crippen LogP) is 3.53. The lowest BCUT2D eigenvalue weighted by atomic mass is 9.85. The molecule has 6 heteroatoms. The summed E-state index contributed by atoms with van der Waals surface area (Å²) in [5.41, 5.74) is -1.59. The van der Waals surface area contributed by atoms with Gasteiger partial charge < -0.3 is 20.1 Å². The lowest BCUT2D eigenvalue weighted by Crippen LogP contribution is -2.38. The van der Waals surface area contributed by atoms with Crippen molar-refractivity contribution < 1.29 is 29.6 Å². The van der Waals surface area contributed by atoms with Crippen LogP contribution in [0.4, 0.5) is 0 Å². The van der Waals surface area contributed by atoms with Crippen molar-refractivity contribution in [2.45, 2.75) is 84.5 Å². The number of ketones is 1. The molecule has 0 aromatic heterocycles. The van der Waals surface area contributed by atoms with Gasteiger partial charge in [-0.2, -0.15) is 0 Å². The first-order chi connectivity index (χ1) is 12.8. The number of hydrogen-bond donors (Lipinski definition) is 3. The molecule has 0 heterocycles. The van der Waals surface area contributed by atoms with Crippen molar-refractivity contribution in [1.29, 1.82) is 0 Å². The Morgan fingerprint density at radius 2 is 1.82 bits per heavy atom. The summed E-state index contributed by atoms with van der Waals surface area (Å²) in [6, 6.07) is 0. The molecule has 0 bridgehead atoms. The molecule has 0 saturated carbocycles. The molecule has 0 spiro atoms. The van der Waals surface area contributed by atoms with Crippen molar-refractivity contribution in [3.05, 3.63) is 35.1 Å². The molecule has 0 aliphatic heterocycles. The largest absolute Gasteiger partial charge is 0.509 e. The molecule has 0 fully saturated rings. The summed E-state index contributed by atoms with van der Waals surface area (Å²) >= 11 is 0. The average Bonchev–Trinajstić information content (AvgIpc) is 2.52. The Bertz CT molecular complexity index is 679. The summed E-state index contributed by atoms with van der Waals surface area (Å²) in [5, 5.41) is 31.6. The van der Waals surface area contributed by atoms with Gasteiger partial charge in [0, 0.05) is 19.4 Å². The summed E-state index contributed by atoms with van der Waals surface area (Å²) < 4.78 is 5.44. The minimum atomic E-state index is -1.82. The molecule has 0 saturated heterocycles. The van der Waals surface area contributed by atoms with E-state index in [9.17, 15) is 24.9 Å². The Balaban J connectivity index is 3.48. The molecule has 158 valence electrons. The lowest BCUT2D eigenvalue weighted by molar-refractivity contribution is -0.147. The molecule has 3 unspecified atom stereocenters. The van der Waals surface area contributed by atoms with Crippen LogP contribution >= 0.6 is 0 Å². The number of hydrogen-bond acceptors (Lipinski definition) is 6. The fraction of sp³-hybridized carbons (Fsp3) is 0.636. The van der Waals surface area contributed by atoms with Gasteiger partial charge >= 0.3 is 5.97 Å². The summed E-state index contributed by atoms with van der Waals surface area (Å²) in [4.78, 5) is 24.0. The molecule has 0 aromatic carbocycles. The number of allylic oxidation sites excluding steroid dienone is 3. The third-order valence-corrected chi connectivity index (χ3v) is 5.07. The van der Waals surface area contributed by atoms with Crippen LogP contribution in [-0.2, 0) is 14.3 Å². The molecule has 1 rings (SSSR count). The van der Waals surface area contributed by atoms with E-state index in [0.717, 1.165) is 17.2 Å². The molecule has 28 heavy (non-hydrogen) atoms. The standard InChI is InChI=1S/C22H34O6/c1-14(2)17-10-9-15(3)8-7-11-21(5,26)19(24)12-20(25)22(6,27)13-18(17)28-16(4)23/h9-10,12,14,18,25-27H,7-8,11,13H2,1-6H3/b15-9+,17-10-,20-12-. The quantitative estimate of drug-likeness (QED) is 0.619. The zero-order chi connectivity index (χ0) is 21.7. The van der Waals surface area contributed by atoms with Gasteiger partial charge in [-0.1, -0.05) is 31.6 Å². The van der Waals surface area contributed by atoms with Gasteiger partial charge in [0.15, 0.2) is 5.78 Å². The van der Waals surface area contributed by atoms with E-state index in [2.05, 4.69) is 0 Å². The van der Waals surface area contributed by atoms with E-state index in [0.29, 0.717) is 12.8 Å². The van der Waals surface area contributed by atoms with Gasteiger partial charge in [0.05, 0.1) is 0 Å². The highest BCUT2D eigenvalue weighted by Crippen LogP contribution is 2.30. The van der Waals surface area contributed by atoms with Crippen LogP contribution in [0.5, 0.6) is 0 Å². The Kier molecular flexibility index (Phi) is 8.20. The van der Waals surface area contributed by atoms with E-state index >= 15 is 0 Å². The summed E-state index contributed by atoms with van der Waals surface area (Å²) in [6.45, 7) is 9.91. The monoisotopic (exact) mass is 394 g/mol. The van der Waals surface area contributed by atoms with Crippen LogP contribution in [0.25, 0.3) is 0 Å². The summed E-state index contributed by atoms with van der Waals surface area (Å²) in [7, 11) is 0. The molecule has 0 amide bonds. The number of ether oxygens (including phenoxy) is 1. The Hall–Kier alpha value is -1.92. The number of carbonyl (C=O) groups is 2. The fourth-order valence-corrected chi connectivity index (χ4v) is 3.16. The highest BCUT2D eigenvalue weighted by Gasteiger charge is 2.36. The fourth-order valence-electron chi connectivity index (χ4n) is 3.16. The van der Waals surface area contributed by atoms with Crippen LogP contribution in [0.15, 0.2) is 35.1 Å². The van der Waals surface area contributed by atoms with Crippen LogP contribution in [0.2, 0.25) is 0 Å². The maximum Gasteiger partial charge on any atom is 0.303 e. The smallest absolute Gasteiger partial charge is 0.303 e. The van der Waals surface area contributed by atoms with Crippen molar-refractivity contribution in [2.75, 3.05) is 0 Å². The van der Waals surface area contributed by atoms with Gasteiger partial charge in [-0.05, 0) is 51.5 Å². The Morgan fingerprint density at radius 3 is 2.36 bits per heavy atom. The van der Waals surface area contributed by atoms with E-state index in [1.54, 1.807) is 0 Å². The first kappa shape index (κ1) is 24.1. The van der Waals surface area contributed by atoms with Gasteiger partial charge in [0.25, 0.3) is 0 Å². The predicted molar refractivity (Wildman–Crippen MR) is 108 cm³/mol. The SMILES string of the molecule is CC(=O)OC1CC(C)(O)/C(O)=C/C(=O)C(C)(O)CCC/C(C)=C/C=C\1C(C)C. The Labute approximate surface area is 167 Å². The molecule has 3 N–H and O–H groups in total. The number of carbonyl (C=O) groups excluding carboxylic acids is 2. The molecular formula is C22H34O6.